The Morgan fingerprint density at radius 2 is 1.86 bits per heavy atom. The summed E-state index contributed by atoms with van der Waals surface area (Å²) in [5, 5.41) is 0. The first-order valence-electron chi connectivity index (χ1n) is 5.41. The highest BCUT2D eigenvalue weighted by atomic mass is 32.2. The van der Waals surface area contributed by atoms with Gasteiger partial charge < -0.3 is 0 Å². The molecule has 0 bridgehead atoms. The van der Waals surface area contributed by atoms with E-state index in [-0.39, 0.29) is 0 Å². The number of nitrogens with one attached hydrogen (secondary N) is 1. The molecule has 1 rings (SSSR count). The largest absolute Gasteiger partial charge is 0.279 e. The average Bonchev–Trinajstić information content (AvgIpc) is 2.19. The molecule has 0 amide bonds. The zero-order valence-electron chi connectivity index (χ0n) is 8.83. The minimum absolute atomic E-state index is 0.565. The zero-order chi connectivity index (χ0) is 10.4. The summed E-state index contributed by atoms with van der Waals surface area (Å²) in [5.41, 5.74) is 0. The number of rotatable bonds is 5. The third-order valence-corrected chi connectivity index (χ3v) is 4.08. The van der Waals surface area contributed by atoms with Crippen molar-refractivity contribution in [3.8, 4) is 0 Å². The SMILES string of the molecule is CCCCNS(=O)(=O)N1CCCCC1. The molecule has 0 saturated carbocycles. The van der Waals surface area contributed by atoms with Crippen LogP contribution < -0.4 is 4.72 Å². The smallest absolute Gasteiger partial charge is 0.202 e. The third kappa shape index (κ3) is 3.55. The van der Waals surface area contributed by atoms with Gasteiger partial charge in [0.1, 0.15) is 0 Å². The van der Waals surface area contributed by atoms with E-state index in [9.17, 15) is 8.42 Å². The molecule has 0 aliphatic carbocycles. The van der Waals surface area contributed by atoms with E-state index in [1.54, 1.807) is 4.31 Å². The van der Waals surface area contributed by atoms with Crippen LogP contribution in [0, 0.1) is 0 Å². The van der Waals surface area contributed by atoms with Gasteiger partial charge in [0.25, 0.3) is 10.2 Å². The molecule has 1 saturated heterocycles. The van der Waals surface area contributed by atoms with E-state index in [0.29, 0.717) is 19.6 Å². The Morgan fingerprint density at radius 1 is 1.21 bits per heavy atom. The van der Waals surface area contributed by atoms with Crippen LogP contribution >= 0.6 is 0 Å². The molecule has 0 aromatic carbocycles. The van der Waals surface area contributed by atoms with E-state index in [1.165, 1.54) is 0 Å². The second-order valence-corrected chi connectivity index (χ2v) is 5.47. The first-order chi connectivity index (χ1) is 6.67. The first-order valence-corrected chi connectivity index (χ1v) is 6.85. The lowest BCUT2D eigenvalue weighted by Crippen LogP contribution is -2.43. The maximum absolute atomic E-state index is 11.7. The van der Waals surface area contributed by atoms with Gasteiger partial charge in [0, 0.05) is 19.6 Å². The van der Waals surface area contributed by atoms with Gasteiger partial charge in [-0.05, 0) is 19.3 Å². The van der Waals surface area contributed by atoms with Crippen LogP contribution in [0.15, 0.2) is 0 Å². The number of piperidine rings is 1. The Balaban J connectivity index is 2.38. The van der Waals surface area contributed by atoms with Crippen LogP contribution in [0.2, 0.25) is 0 Å². The zero-order valence-corrected chi connectivity index (χ0v) is 9.65. The van der Waals surface area contributed by atoms with E-state index >= 15 is 0 Å². The maximum Gasteiger partial charge on any atom is 0.279 e. The molecule has 1 fully saturated rings. The molecule has 1 aliphatic heterocycles. The monoisotopic (exact) mass is 220 g/mol. The van der Waals surface area contributed by atoms with E-state index in [0.717, 1.165) is 32.1 Å². The first kappa shape index (κ1) is 11.9. The minimum atomic E-state index is -3.17. The highest BCUT2D eigenvalue weighted by Gasteiger charge is 2.22. The standard InChI is InChI=1S/C9H20N2O2S/c1-2-3-7-10-14(12,13)11-8-5-4-6-9-11/h10H,2-9H2,1H3. The molecule has 1 heterocycles. The van der Waals surface area contributed by atoms with Crippen LogP contribution in [0.25, 0.3) is 0 Å². The van der Waals surface area contributed by atoms with Crippen molar-refractivity contribution < 1.29 is 8.42 Å². The summed E-state index contributed by atoms with van der Waals surface area (Å²) in [5.74, 6) is 0. The molecule has 0 atom stereocenters. The summed E-state index contributed by atoms with van der Waals surface area (Å²) < 4.78 is 27.5. The normalized spacial score (nSPS) is 19.8. The van der Waals surface area contributed by atoms with Crippen molar-refractivity contribution >= 4 is 10.2 Å². The van der Waals surface area contributed by atoms with Crippen LogP contribution in [0.1, 0.15) is 39.0 Å². The molecule has 84 valence electrons. The van der Waals surface area contributed by atoms with Crippen molar-refractivity contribution in [1.82, 2.24) is 9.03 Å². The van der Waals surface area contributed by atoms with Crippen molar-refractivity contribution in [3.05, 3.63) is 0 Å². The van der Waals surface area contributed by atoms with Gasteiger partial charge >= 0.3 is 0 Å². The predicted octanol–water partition coefficient (Wildman–Crippen LogP) is 1.11. The fourth-order valence-corrected chi connectivity index (χ4v) is 2.90. The number of unbranched alkanes of at least 4 members (excludes halogenated alkanes) is 1. The van der Waals surface area contributed by atoms with Gasteiger partial charge in [0.15, 0.2) is 0 Å². The molecule has 0 aromatic rings. The summed E-state index contributed by atoms with van der Waals surface area (Å²) in [6.07, 6.45) is 5.07. The van der Waals surface area contributed by atoms with E-state index in [4.69, 9.17) is 0 Å². The second kappa shape index (κ2) is 5.68. The van der Waals surface area contributed by atoms with Crippen molar-refractivity contribution in [2.45, 2.75) is 39.0 Å². The Labute approximate surface area is 86.9 Å². The van der Waals surface area contributed by atoms with Gasteiger partial charge in [0.05, 0.1) is 0 Å². The highest BCUT2D eigenvalue weighted by molar-refractivity contribution is 7.87. The lowest BCUT2D eigenvalue weighted by Gasteiger charge is -2.25. The van der Waals surface area contributed by atoms with Gasteiger partial charge in [-0.1, -0.05) is 19.8 Å². The van der Waals surface area contributed by atoms with Crippen molar-refractivity contribution in [3.63, 3.8) is 0 Å². The molecular formula is C9H20N2O2S. The van der Waals surface area contributed by atoms with Gasteiger partial charge in [0.2, 0.25) is 0 Å². The molecule has 0 unspecified atom stereocenters. The third-order valence-electron chi connectivity index (χ3n) is 2.47. The van der Waals surface area contributed by atoms with Gasteiger partial charge in [-0.15, -0.1) is 0 Å². The number of nitrogens with zero attached hydrogens (tertiary/aromatic N) is 1. The second-order valence-electron chi connectivity index (χ2n) is 3.71. The quantitative estimate of drug-likeness (QED) is 0.706. The molecular weight excluding hydrogens is 200 g/mol. The summed E-state index contributed by atoms with van der Waals surface area (Å²) >= 11 is 0. The lowest BCUT2D eigenvalue weighted by molar-refractivity contribution is 0.341. The molecule has 1 N–H and O–H groups in total. The lowest BCUT2D eigenvalue weighted by atomic mass is 10.2. The maximum atomic E-state index is 11.7. The predicted molar refractivity (Wildman–Crippen MR) is 57.3 cm³/mol. The number of hydrogen-bond donors (Lipinski definition) is 1. The van der Waals surface area contributed by atoms with Crippen LogP contribution in [-0.2, 0) is 10.2 Å². The average molecular weight is 220 g/mol. The molecule has 1 aliphatic rings. The topological polar surface area (TPSA) is 49.4 Å². The Morgan fingerprint density at radius 3 is 2.43 bits per heavy atom. The van der Waals surface area contributed by atoms with Gasteiger partial charge in [-0.25, -0.2) is 4.72 Å². The molecule has 5 heteroatoms. The van der Waals surface area contributed by atoms with Crippen LogP contribution in [0.5, 0.6) is 0 Å². The van der Waals surface area contributed by atoms with Crippen molar-refractivity contribution in [2.75, 3.05) is 19.6 Å². The molecule has 0 aromatic heterocycles. The fourth-order valence-electron chi connectivity index (χ4n) is 1.57. The van der Waals surface area contributed by atoms with Crippen molar-refractivity contribution in [1.29, 1.82) is 0 Å². The fraction of sp³-hybridized carbons (Fsp3) is 1.00. The highest BCUT2D eigenvalue weighted by Crippen LogP contribution is 2.11. The van der Waals surface area contributed by atoms with E-state index < -0.39 is 10.2 Å². The van der Waals surface area contributed by atoms with E-state index in [2.05, 4.69) is 11.6 Å². The Bertz CT molecular complexity index is 246. The summed E-state index contributed by atoms with van der Waals surface area (Å²) in [6.45, 7) is 3.98. The Kier molecular flexibility index (Phi) is 4.84. The Hall–Kier alpha value is -0.130. The van der Waals surface area contributed by atoms with Gasteiger partial charge in [-0.3, -0.25) is 0 Å². The van der Waals surface area contributed by atoms with Crippen LogP contribution in [0.3, 0.4) is 0 Å². The summed E-state index contributed by atoms with van der Waals surface area (Å²) in [4.78, 5) is 0. The van der Waals surface area contributed by atoms with Gasteiger partial charge in [-0.2, -0.15) is 12.7 Å². The minimum Gasteiger partial charge on any atom is -0.202 e. The molecule has 0 radical (unpaired) electrons. The molecule has 4 nitrogen and oxygen atoms in total. The summed E-state index contributed by atoms with van der Waals surface area (Å²) in [6, 6.07) is 0. The van der Waals surface area contributed by atoms with E-state index in [1.807, 2.05) is 0 Å². The molecule has 14 heavy (non-hydrogen) atoms. The number of hydrogen-bond acceptors (Lipinski definition) is 2. The molecule has 0 spiro atoms. The van der Waals surface area contributed by atoms with Crippen LogP contribution in [-0.4, -0.2) is 32.4 Å². The van der Waals surface area contributed by atoms with Crippen LogP contribution in [0.4, 0.5) is 0 Å². The van der Waals surface area contributed by atoms with Crippen molar-refractivity contribution in [2.24, 2.45) is 0 Å². The summed E-state index contributed by atoms with van der Waals surface area (Å²) in [7, 11) is -3.17.